The average Bonchev–Trinajstić information content (AvgIpc) is 2.53. The maximum Gasteiger partial charge on any atom is 0.0739 e. The van der Waals surface area contributed by atoms with Gasteiger partial charge in [0.15, 0.2) is 0 Å². The van der Waals surface area contributed by atoms with E-state index in [0.29, 0.717) is 6.42 Å². The molecule has 2 heteroatoms. The number of aliphatic hydroxyl groups is 1. The van der Waals surface area contributed by atoms with Gasteiger partial charge < -0.3 is 5.11 Å². The molecule has 0 bridgehead atoms. The molecule has 1 rings (SSSR count). The fourth-order valence-corrected chi connectivity index (χ4v) is 2.78. The molecule has 68 valence electrons. The lowest BCUT2D eigenvalue weighted by Gasteiger charge is -2.11. The molecule has 1 unspecified atom stereocenters. The second-order valence-corrected chi connectivity index (χ2v) is 4.64. The molecule has 12 heavy (non-hydrogen) atoms. The van der Waals surface area contributed by atoms with E-state index in [1.165, 1.54) is 25.7 Å². The molecule has 1 atom stereocenters. The molecule has 1 nitrogen and oxygen atoms in total. The quantitative estimate of drug-likeness (QED) is 0.675. The van der Waals surface area contributed by atoms with E-state index < -0.39 is 0 Å². The van der Waals surface area contributed by atoms with Gasteiger partial charge in [-0.15, -0.1) is 12.3 Å². The van der Waals surface area contributed by atoms with Crippen molar-refractivity contribution < 1.29 is 5.11 Å². The molecule has 0 aliphatic heterocycles. The summed E-state index contributed by atoms with van der Waals surface area (Å²) in [6.07, 6.45) is 10.7. The van der Waals surface area contributed by atoms with Crippen molar-refractivity contribution in [3.63, 3.8) is 0 Å². The minimum Gasteiger partial charge on any atom is -0.391 e. The normalized spacial score (nSPS) is 20.7. The molecule has 1 aliphatic rings. The van der Waals surface area contributed by atoms with Crippen LogP contribution in [0, 0.1) is 12.3 Å². The topological polar surface area (TPSA) is 20.2 Å². The van der Waals surface area contributed by atoms with Crippen molar-refractivity contribution in [1.82, 2.24) is 0 Å². The third-order valence-corrected chi connectivity index (χ3v) is 3.70. The number of thioether (sulfide) groups is 1. The van der Waals surface area contributed by atoms with E-state index in [1.54, 1.807) is 0 Å². The van der Waals surface area contributed by atoms with Crippen LogP contribution in [0.25, 0.3) is 0 Å². The highest BCUT2D eigenvalue weighted by Crippen LogP contribution is 2.29. The Balaban J connectivity index is 2.04. The lowest BCUT2D eigenvalue weighted by molar-refractivity contribution is 0.205. The van der Waals surface area contributed by atoms with E-state index >= 15 is 0 Å². The first kappa shape index (κ1) is 9.95. The molecule has 1 fully saturated rings. The van der Waals surface area contributed by atoms with Crippen LogP contribution in [0.5, 0.6) is 0 Å². The summed E-state index contributed by atoms with van der Waals surface area (Å²) in [5.74, 6) is 3.29. The summed E-state index contributed by atoms with van der Waals surface area (Å²) in [7, 11) is 0. The van der Waals surface area contributed by atoms with Gasteiger partial charge in [0, 0.05) is 17.4 Å². The van der Waals surface area contributed by atoms with Crippen LogP contribution in [0.1, 0.15) is 32.1 Å². The van der Waals surface area contributed by atoms with Gasteiger partial charge in [-0.05, 0) is 12.8 Å². The van der Waals surface area contributed by atoms with Crippen molar-refractivity contribution in [3.05, 3.63) is 0 Å². The molecule has 0 heterocycles. The Morgan fingerprint density at radius 1 is 1.50 bits per heavy atom. The summed E-state index contributed by atoms with van der Waals surface area (Å²) in [6, 6.07) is 0. The van der Waals surface area contributed by atoms with E-state index in [2.05, 4.69) is 5.92 Å². The van der Waals surface area contributed by atoms with Crippen molar-refractivity contribution in [2.45, 2.75) is 43.5 Å². The Morgan fingerprint density at radius 2 is 2.17 bits per heavy atom. The van der Waals surface area contributed by atoms with Crippen LogP contribution in [0.4, 0.5) is 0 Å². The van der Waals surface area contributed by atoms with E-state index in [-0.39, 0.29) is 6.10 Å². The monoisotopic (exact) mass is 184 g/mol. The Labute approximate surface area is 78.9 Å². The van der Waals surface area contributed by atoms with Gasteiger partial charge in [0.25, 0.3) is 0 Å². The molecule has 0 aromatic carbocycles. The molecule has 1 N–H and O–H groups in total. The average molecular weight is 184 g/mol. The molecular formula is C10H16OS. The highest BCUT2D eigenvalue weighted by molar-refractivity contribution is 7.99. The minimum absolute atomic E-state index is 0.291. The summed E-state index contributed by atoms with van der Waals surface area (Å²) < 4.78 is 0. The van der Waals surface area contributed by atoms with Crippen molar-refractivity contribution in [3.8, 4) is 12.3 Å². The van der Waals surface area contributed by atoms with Gasteiger partial charge in [0.1, 0.15) is 0 Å². The van der Waals surface area contributed by atoms with Crippen molar-refractivity contribution in [2.24, 2.45) is 0 Å². The molecule has 0 aromatic rings. The lowest BCUT2D eigenvalue weighted by Crippen LogP contribution is -2.11. The van der Waals surface area contributed by atoms with Gasteiger partial charge in [-0.2, -0.15) is 11.8 Å². The minimum atomic E-state index is -0.291. The zero-order valence-electron chi connectivity index (χ0n) is 7.33. The molecule has 0 amide bonds. The molecule has 1 aliphatic carbocycles. The van der Waals surface area contributed by atoms with Gasteiger partial charge in [0.05, 0.1) is 6.10 Å². The van der Waals surface area contributed by atoms with E-state index in [0.717, 1.165) is 11.0 Å². The number of rotatable bonds is 4. The second-order valence-electron chi connectivity index (χ2n) is 3.30. The van der Waals surface area contributed by atoms with Crippen LogP contribution in [-0.4, -0.2) is 22.2 Å². The highest BCUT2D eigenvalue weighted by atomic mass is 32.2. The molecule has 0 aromatic heterocycles. The third kappa shape index (κ3) is 3.51. The van der Waals surface area contributed by atoms with E-state index in [1.807, 2.05) is 11.8 Å². The predicted octanol–water partition coefficient (Wildman–Crippen LogP) is 2.05. The molecule has 0 radical (unpaired) electrons. The van der Waals surface area contributed by atoms with Gasteiger partial charge in [-0.1, -0.05) is 12.8 Å². The number of terminal acetylenes is 1. The van der Waals surface area contributed by atoms with Crippen LogP contribution in [0.3, 0.4) is 0 Å². The third-order valence-electron chi connectivity index (χ3n) is 2.18. The smallest absolute Gasteiger partial charge is 0.0739 e. The maximum atomic E-state index is 9.35. The Hall–Kier alpha value is -0.130. The summed E-state index contributed by atoms with van der Waals surface area (Å²) in [6.45, 7) is 0. The number of hydrogen-bond acceptors (Lipinski definition) is 2. The van der Waals surface area contributed by atoms with Crippen LogP contribution >= 0.6 is 11.8 Å². The summed E-state index contributed by atoms with van der Waals surface area (Å²) >= 11 is 1.89. The largest absolute Gasteiger partial charge is 0.391 e. The first-order valence-corrected chi connectivity index (χ1v) is 5.61. The summed E-state index contributed by atoms with van der Waals surface area (Å²) in [4.78, 5) is 0. The van der Waals surface area contributed by atoms with Gasteiger partial charge in [-0.25, -0.2) is 0 Å². The fourth-order valence-electron chi connectivity index (χ4n) is 1.50. The predicted molar refractivity (Wildman–Crippen MR) is 54.2 cm³/mol. The van der Waals surface area contributed by atoms with Crippen LogP contribution in [0.15, 0.2) is 0 Å². The zero-order chi connectivity index (χ0) is 8.81. The number of hydrogen-bond donors (Lipinski definition) is 1. The Kier molecular flexibility index (Phi) is 4.57. The fraction of sp³-hybridized carbons (Fsp3) is 0.800. The SMILES string of the molecule is C#CCC(O)CSC1CCCC1. The summed E-state index contributed by atoms with van der Waals surface area (Å²) in [5.41, 5.74) is 0. The van der Waals surface area contributed by atoms with Gasteiger partial charge >= 0.3 is 0 Å². The maximum absolute atomic E-state index is 9.35. The first-order valence-electron chi connectivity index (χ1n) is 4.56. The lowest BCUT2D eigenvalue weighted by atomic mass is 10.3. The van der Waals surface area contributed by atoms with E-state index in [9.17, 15) is 5.11 Å². The van der Waals surface area contributed by atoms with Gasteiger partial charge in [-0.3, -0.25) is 0 Å². The van der Waals surface area contributed by atoms with Crippen molar-refractivity contribution in [1.29, 1.82) is 0 Å². The number of aliphatic hydroxyl groups excluding tert-OH is 1. The Morgan fingerprint density at radius 3 is 2.75 bits per heavy atom. The van der Waals surface area contributed by atoms with Crippen LogP contribution in [-0.2, 0) is 0 Å². The highest BCUT2D eigenvalue weighted by Gasteiger charge is 2.16. The Bertz CT molecular complexity index is 156. The first-order chi connectivity index (χ1) is 5.83. The van der Waals surface area contributed by atoms with E-state index in [4.69, 9.17) is 6.42 Å². The van der Waals surface area contributed by atoms with Crippen molar-refractivity contribution in [2.75, 3.05) is 5.75 Å². The molecule has 1 saturated carbocycles. The standard InChI is InChI=1S/C10H16OS/c1-2-5-9(11)8-12-10-6-3-4-7-10/h1,9-11H,3-8H2. The molecular weight excluding hydrogens is 168 g/mol. The van der Waals surface area contributed by atoms with Crippen molar-refractivity contribution >= 4 is 11.8 Å². The van der Waals surface area contributed by atoms with Crippen LogP contribution in [0.2, 0.25) is 0 Å². The van der Waals surface area contributed by atoms with Gasteiger partial charge in [0.2, 0.25) is 0 Å². The molecule has 0 saturated heterocycles. The second kappa shape index (κ2) is 5.50. The van der Waals surface area contributed by atoms with Crippen LogP contribution < -0.4 is 0 Å². The molecule has 0 spiro atoms. The summed E-state index contributed by atoms with van der Waals surface area (Å²) in [5, 5.41) is 10.1. The zero-order valence-corrected chi connectivity index (χ0v) is 8.15.